The summed E-state index contributed by atoms with van der Waals surface area (Å²) in [6, 6.07) is 15.7. The van der Waals surface area contributed by atoms with Gasteiger partial charge in [-0.3, -0.25) is 9.59 Å². The Kier molecular flexibility index (Phi) is 6.60. The van der Waals surface area contributed by atoms with Gasteiger partial charge in [0, 0.05) is 19.2 Å². The average Bonchev–Trinajstić information content (AvgIpc) is 3.50. The number of halogens is 1. The molecule has 0 aromatic heterocycles. The minimum absolute atomic E-state index is 0.0166. The second kappa shape index (κ2) is 9.84. The number of carbonyl (C=O) groups excluding carboxylic acids is 2. The second-order valence-corrected chi connectivity index (χ2v) is 9.25. The molecule has 0 spiro atoms. The number of likely N-dealkylation sites (tertiary alicyclic amines) is 1. The highest BCUT2D eigenvalue weighted by molar-refractivity contribution is 6.46. The number of methoxy groups -OCH3 is 2. The van der Waals surface area contributed by atoms with Crippen LogP contribution >= 0.6 is 11.6 Å². The van der Waals surface area contributed by atoms with Crippen molar-refractivity contribution < 1.29 is 28.9 Å². The monoisotopic (exact) mass is 507 g/mol. The van der Waals surface area contributed by atoms with Crippen molar-refractivity contribution in [3.63, 3.8) is 0 Å². The van der Waals surface area contributed by atoms with Crippen LogP contribution in [-0.2, 0) is 14.3 Å². The summed E-state index contributed by atoms with van der Waals surface area (Å²) in [6.45, 7) is 0.867. The van der Waals surface area contributed by atoms with Crippen molar-refractivity contribution >= 4 is 39.8 Å². The van der Waals surface area contributed by atoms with Gasteiger partial charge in [-0.15, -0.1) is 0 Å². The van der Waals surface area contributed by atoms with Crippen molar-refractivity contribution in [1.29, 1.82) is 0 Å². The van der Waals surface area contributed by atoms with Crippen molar-refractivity contribution in [2.24, 2.45) is 0 Å². The third-order valence-corrected chi connectivity index (χ3v) is 7.11. The van der Waals surface area contributed by atoms with Crippen molar-refractivity contribution in [2.75, 3.05) is 27.4 Å². The zero-order valence-electron chi connectivity index (χ0n) is 20.0. The van der Waals surface area contributed by atoms with Gasteiger partial charge >= 0.3 is 0 Å². The number of nitrogens with zero attached hydrogens (tertiary/aromatic N) is 1. The van der Waals surface area contributed by atoms with E-state index in [1.807, 2.05) is 42.5 Å². The van der Waals surface area contributed by atoms with E-state index in [2.05, 4.69) is 0 Å². The second-order valence-electron chi connectivity index (χ2n) is 8.84. The van der Waals surface area contributed by atoms with E-state index in [1.165, 1.54) is 31.3 Å². The summed E-state index contributed by atoms with van der Waals surface area (Å²) in [5, 5.41) is 13.7. The Hall–Kier alpha value is -3.55. The first-order valence-electron chi connectivity index (χ1n) is 11.7. The van der Waals surface area contributed by atoms with Crippen molar-refractivity contribution in [3.05, 3.63) is 76.3 Å². The maximum atomic E-state index is 13.5. The Labute approximate surface area is 213 Å². The first-order valence-corrected chi connectivity index (χ1v) is 12.1. The molecule has 8 heteroatoms. The third-order valence-electron chi connectivity index (χ3n) is 6.81. The van der Waals surface area contributed by atoms with E-state index in [0.717, 1.165) is 29.2 Å². The molecule has 0 aliphatic carbocycles. The fraction of sp³-hybridized carbons (Fsp3) is 0.286. The van der Waals surface area contributed by atoms with Crippen LogP contribution in [0.25, 0.3) is 16.5 Å². The molecule has 2 saturated heterocycles. The maximum absolute atomic E-state index is 13.5. The van der Waals surface area contributed by atoms with Crippen LogP contribution in [0.3, 0.4) is 0 Å². The molecule has 3 aromatic rings. The van der Waals surface area contributed by atoms with Crippen LogP contribution < -0.4 is 9.47 Å². The minimum Gasteiger partial charge on any atom is -0.507 e. The first kappa shape index (κ1) is 24.2. The Balaban J connectivity index is 1.75. The number of hydrogen-bond acceptors (Lipinski definition) is 6. The van der Waals surface area contributed by atoms with E-state index in [1.54, 1.807) is 0 Å². The molecule has 5 rings (SSSR count). The molecule has 3 aromatic carbocycles. The van der Waals surface area contributed by atoms with Gasteiger partial charge in [0.25, 0.3) is 11.7 Å². The lowest BCUT2D eigenvalue weighted by molar-refractivity contribution is -0.140. The van der Waals surface area contributed by atoms with Gasteiger partial charge in [0.15, 0.2) is 0 Å². The van der Waals surface area contributed by atoms with Crippen LogP contribution in [-0.4, -0.2) is 55.2 Å². The summed E-state index contributed by atoms with van der Waals surface area (Å²) in [5.41, 5.74) is 0.933. The van der Waals surface area contributed by atoms with E-state index in [-0.39, 0.29) is 40.3 Å². The van der Waals surface area contributed by atoms with Gasteiger partial charge in [0.05, 0.1) is 42.5 Å². The Morgan fingerprint density at radius 3 is 2.56 bits per heavy atom. The van der Waals surface area contributed by atoms with E-state index in [9.17, 15) is 14.7 Å². The molecule has 36 heavy (non-hydrogen) atoms. The number of benzene rings is 3. The molecule has 186 valence electrons. The highest BCUT2D eigenvalue weighted by Crippen LogP contribution is 2.44. The van der Waals surface area contributed by atoms with E-state index >= 15 is 0 Å². The third kappa shape index (κ3) is 4.08. The van der Waals surface area contributed by atoms with Crippen molar-refractivity contribution in [1.82, 2.24) is 4.90 Å². The number of ether oxygens (including phenoxy) is 3. The highest BCUT2D eigenvalue weighted by atomic mass is 35.5. The number of hydrogen-bond donors (Lipinski definition) is 1. The van der Waals surface area contributed by atoms with Gasteiger partial charge in [-0.05, 0) is 35.2 Å². The van der Waals surface area contributed by atoms with E-state index in [0.29, 0.717) is 12.4 Å². The first-order chi connectivity index (χ1) is 17.4. The predicted molar refractivity (Wildman–Crippen MR) is 136 cm³/mol. The topological polar surface area (TPSA) is 85.3 Å². The van der Waals surface area contributed by atoms with Gasteiger partial charge in [-0.25, -0.2) is 0 Å². The average molecular weight is 508 g/mol. The van der Waals surface area contributed by atoms with Gasteiger partial charge in [0.1, 0.15) is 17.3 Å². The van der Waals surface area contributed by atoms with Gasteiger partial charge in [-0.1, -0.05) is 54.1 Å². The number of aliphatic hydroxyl groups is 1. The van der Waals surface area contributed by atoms with Crippen LogP contribution in [0, 0.1) is 0 Å². The predicted octanol–water partition coefficient (Wildman–Crippen LogP) is 5.11. The van der Waals surface area contributed by atoms with Crippen molar-refractivity contribution in [3.8, 4) is 11.5 Å². The molecule has 0 radical (unpaired) electrons. The fourth-order valence-electron chi connectivity index (χ4n) is 5.08. The molecule has 2 aliphatic heterocycles. The number of rotatable bonds is 6. The van der Waals surface area contributed by atoms with Crippen LogP contribution in [0.5, 0.6) is 11.5 Å². The molecular formula is C28H26ClNO6. The minimum atomic E-state index is -0.813. The van der Waals surface area contributed by atoms with Crippen LogP contribution in [0.4, 0.5) is 0 Å². The van der Waals surface area contributed by atoms with E-state index < -0.39 is 17.7 Å². The van der Waals surface area contributed by atoms with Gasteiger partial charge < -0.3 is 24.2 Å². The quantitative estimate of drug-likeness (QED) is 0.283. The summed E-state index contributed by atoms with van der Waals surface area (Å²) in [4.78, 5) is 28.4. The molecule has 7 nitrogen and oxygen atoms in total. The molecule has 0 saturated carbocycles. The standard InChI is InChI=1S/C28H26ClNO6/c1-34-22-14-21(29)23(35-2)13-20(22)26(31)24-25(19-11-5-8-16-7-3-4-10-18(16)19)30(28(33)27(24)32)15-17-9-6-12-36-17/h3-5,7-8,10-11,13-14,17,25,31H,6,9,12,15H2,1-2H3/b26-24+. The zero-order valence-corrected chi connectivity index (χ0v) is 20.7. The summed E-state index contributed by atoms with van der Waals surface area (Å²) in [5.74, 6) is -1.24. The molecule has 2 fully saturated rings. The highest BCUT2D eigenvalue weighted by Gasteiger charge is 2.47. The maximum Gasteiger partial charge on any atom is 0.295 e. The molecular weight excluding hydrogens is 482 g/mol. The van der Waals surface area contributed by atoms with Crippen LogP contribution in [0.2, 0.25) is 5.02 Å². The Morgan fingerprint density at radius 2 is 1.83 bits per heavy atom. The molecule has 2 unspecified atom stereocenters. The van der Waals surface area contributed by atoms with Crippen molar-refractivity contribution in [2.45, 2.75) is 25.0 Å². The number of aliphatic hydroxyl groups excluding tert-OH is 1. The molecule has 2 aliphatic rings. The lowest BCUT2D eigenvalue weighted by Gasteiger charge is -2.28. The zero-order chi connectivity index (χ0) is 25.4. The lowest BCUT2D eigenvalue weighted by Crippen LogP contribution is -2.36. The Morgan fingerprint density at radius 1 is 1.08 bits per heavy atom. The smallest absolute Gasteiger partial charge is 0.295 e. The van der Waals surface area contributed by atoms with E-state index in [4.69, 9.17) is 25.8 Å². The number of carbonyl (C=O) groups is 2. The lowest BCUT2D eigenvalue weighted by atomic mass is 9.91. The SMILES string of the molecule is COc1cc(/C(O)=C2\C(=O)C(=O)N(CC3CCCO3)C2c2cccc3ccccc23)c(OC)cc1Cl. The number of Topliss-reactive ketones (excluding diaryl/α,β-unsaturated/α-hetero) is 1. The number of amides is 1. The Bertz CT molecular complexity index is 1370. The summed E-state index contributed by atoms with van der Waals surface area (Å²) >= 11 is 6.26. The molecule has 2 heterocycles. The summed E-state index contributed by atoms with van der Waals surface area (Å²) < 4.78 is 16.6. The molecule has 0 bridgehead atoms. The largest absolute Gasteiger partial charge is 0.507 e. The molecule has 2 atom stereocenters. The molecule has 1 N–H and O–H groups in total. The van der Waals surface area contributed by atoms with Crippen LogP contribution in [0.1, 0.15) is 30.0 Å². The number of fused-ring (bicyclic) bond motifs is 1. The van der Waals surface area contributed by atoms with Gasteiger partial charge in [-0.2, -0.15) is 0 Å². The fourth-order valence-corrected chi connectivity index (χ4v) is 5.31. The van der Waals surface area contributed by atoms with Crippen LogP contribution in [0.15, 0.2) is 60.2 Å². The molecule has 1 amide bonds. The normalized spacial score (nSPS) is 21.4. The number of ketones is 1. The summed E-state index contributed by atoms with van der Waals surface area (Å²) in [7, 11) is 2.89. The summed E-state index contributed by atoms with van der Waals surface area (Å²) in [6.07, 6.45) is 1.52. The van der Waals surface area contributed by atoms with Gasteiger partial charge in [0.2, 0.25) is 0 Å².